The molecule has 0 amide bonds. The first-order valence-electron chi connectivity index (χ1n) is 6.32. The second-order valence-corrected chi connectivity index (χ2v) is 4.93. The van der Waals surface area contributed by atoms with Crippen molar-refractivity contribution in [2.24, 2.45) is 0 Å². The number of benzene rings is 1. The van der Waals surface area contributed by atoms with Crippen molar-refractivity contribution in [3.8, 4) is 5.75 Å². The Bertz CT molecular complexity index is 470. The Morgan fingerprint density at radius 1 is 1.17 bits per heavy atom. The predicted octanol–water partition coefficient (Wildman–Crippen LogP) is 3.40. The van der Waals surface area contributed by atoms with Crippen molar-refractivity contribution < 1.29 is 4.74 Å². The molecule has 2 nitrogen and oxygen atoms in total. The van der Waals surface area contributed by atoms with Crippen LogP contribution in [0.1, 0.15) is 19.4 Å². The Morgan fingerprint density at radius 2 is 1.83 bits per heavy atom. The fourth-order valence-electron chi connectivity index (χ4n) is 2.36. The van der Waals surface area contributed by atoms with Gasteiger partial charge in [0.1, 0.15) is 5.75 Å². The Hall–Kier alpha value is -1.70. The Labute approximate surface area is 110 Å². The van der Waals surface area contributed by atoms with E-state index in [1.165, 1.54) is 16.8 Å². The van der Waals surface area contributed by atoms with Gasteiger partial charge in [0.25, 0.3) is 0 Å². The zero-order valence-electron chi connectivity index (χ0n) is 11.6. The van der Waals surface area contributed by atoms with Gasteiger partial charge in [-0.3, -0.25) is 0 Å². The standard InChI is InChI=1S/C16H21NO/c1-12-9-13(2)17(3)15(10-12)11-14-5-7-16(18-4)8-6-14/h5-10,15H,11H2,1-4H3. The summed E-state index contributed by atoms with van der Waals surface area (Å²) in [6.07, 6.45) is 5.59. The van der Waals surface area contributed by atoms with Crippen molar-refractivity contribution in [1.29, 1.82) is 0 Å². The number of likely N-dealkylation sites (N-methyl/N-ethyl adjacent to an activating group) is 1. The monoisotopic (exact) mass is 243 g/mol. The van der Waals surface area contributed by atoms with E-state index in [2.05, 4.69) is 50.1 Å². The minimum absolute atomic E-state index is 0.448. The van der Waals surface area contributed by atoms with Gasteiger partial charge in [0.05, 0.1) is 13.2 Å². The van der Waals surface area contributed by atoms with Crippen molar-refractivity contribution in [3.63, 3.8) is 0 Å². The molecule has 1 aliphatic heterocycles. The van der Waals surface area contributed by atoms with E-state index in [0.29, 0.717) is 6.04 Å². The van der Waals surface area contributed by atoms with Crippen LogP contribution in [0.25, 0.3) is 0 Å². The molecule has 0 radical (unpaired) electrons. The maximum Gasteiger partial charge on any atom is 0.118 e. The first-order valence-corrected chi connectivity index (χ1v) is 6.32. The molecular formula is C16H21NO. The van der Waals surface area contributed by atoms with Gasteiger partial charge >= 0.3 is 0 Å². The number of nitrogens with zero attached hydrogens (tertiary/aromatic N) is 1. The first-order chi connectivity index (χ1) is 8.60. The maximum atomic E-state index is 5.18. The van der Waals surface area contributed by atoms with Crippen molar-refractivity contribution in [2.45, 2.75) is 26.3 Å². The molecule has 0 aromatic heterocycles. The molecule has 1 atom stereocenters. The summed E-state index contributed by atoms with van der Waals surface area (Å²) in [6, 6.07) is 8.78. The fourth-order valence-corrected chi connectivity index (χ4v) is 2.36. The summed E-state index contributed by atoms with van der Waals surface area (Å²) in [5.41, 5.74) is 4.02. The average Bonchev–Trinajstić information content (AvgIpc) is 2.36. The predicted molar refractivity (Wildman–Crippen MR) is 75.8 cm³/mol. The molecule has 1 aromatic carbocycles. The summed E-state index contributed by atoms with van der Waals surface area (Å²) in [5, 5.41) is 0. The summed E-state index contributed by atoms with van der Waals surface area (Å²) in [7, 11) is 3.85. The van der Waals surface area contributed by atoms with E-state index in [-0.39, 0.29) is 0 Å². The lowest BCUT2D eigenvalue weighted by Crippen LogP contribution is -2.32. The molecule has 2 rings (SSSR count). The maximum absolute atomic E-state index is 5.18. The fraction of sp³-hybridized carbons (Fsp3) is 0.375. The smallest absolute Gasteiger partial charge is 0.118 e. The number of hydrogen-bond acceptors (Lipinski definition) is 2. The summed E-state index contributed by atoms with van der Waals surface area (Å²) >= 11 is 0. The topological polar surface area (TPSA) is 12.5 Å². The SMILES string of the molecule is COc1ccc(CC2C=C(C)C=C(C)N2C)cc1. The van der Waals surface area contributed by atoms with Crippen molar-refractivity contribution >= 4 is 0 Å². The van der Waals surface area contributed by atoms with Crippen molar-refractivity contribution in [2.75, 3.05) is 14.2 Å². The Kier molecular flexibility index (Phi) is 3.75. The molecule has 2 heteroatoms. The van der Waals surface area contributed by atoms with E-state index in [1.54, 1.807) is 7.11 Å². The van der Waals surface area contributed by atoms with Crippen LogP contribution >= 0.6 is 0 Å². The van der Waals surface area contributed by atoms with Crippen LogP contribution in [0.5, 0.6) is 5.75 Å². The zero-order chi connectivity index (χ0) is 13.1. The van der Waals surface area contributed by atoms with Gasteiger partial charge in [-0.05, 0) is 44.0 Å². The van der Waals surface area contributed by atoms with E-state index < -0.39 is 0 Å². The van der Waals surface area contributed by atoms with Gasteiger partial charge in [0.2, 0.25) is 0 Å². The van der Waals surface area contributed by atoms with Gasteiger partial charge in [0.15, 0.2) is 0 Å². The van der Waals surface area contributed by atoms with Crippen LogP contribution in [0.15, 0.2) is 47.7 Å². The van der Waals surface area contributed by atoms with Gasteiger partial charge in [0, 0.05) is 12.7 Å². The Balaban J connectivity index is 2.11. The highest BCUT2D eigenvalue weighted by Crippen LogP contribution is 2.22. The molecule has 0 spiro atoms. The lowest BCUT2D eigenvalue weighted by molar-refractivity contribution is 0.344. The number of rotatable bonds is 3. The van der Waals surface area contributed by atoms with Gasteiger partial charge in [-0.25, -0.2) is 0 Å². The van der Waals surface area contributed by atoms with E-state index in [1.807, 2.05) is 12.1 Å². The molecule has 0 aliphatic carbocycles. The number of allylic oxidation sites excluding steroid dienone is 3. The molecule has 0 saturated carbocycles. The molecular weight excluding hydrogens is 222 g/mol. The minimum atomic E-state index is 0.448. The van der Waals surface area contributed by atoms with Gasteiger partial charge in [-0.1, -0.05) is 23.8 Å². The van der Waals surface area contributed by atoms with E-state index in [4.69, 9.17) is 4.74 Å². The highest BCUT2D eigenvalue weighted by Gasteiger charge is 2.16. The second-order valence-electron chi connectivity index (χ2n) is 4.93. The van der Waals surface area contributed by atoms with Crippen LogP contribution < -0.4 is 4.74 Å². The minimum Gasteiger partial charge on any atom is -0.497 e. The normalized spacial score (nSPS) is 19.3. The third-order valence-corrected chi connectivity index (χ3v) is 3.55. The molecule has 18 heavy (non-hydrogen) atoms. The number of hydrogen-bond donors (Lipinski definition) is 0. The third kappa shape index (κ3) is 2.76. The quantitative estimate of drug-likeness (QED) is 0.806. The van der Waals surface area contributed by atoms with Crippen LogP contribution in [-0.2, 0) is 6.42 Å². The van der Waals surface area contributed by atoms with Crippen LogP contribution in [0.4, 0.5) is 0 Å². The summed E-state index contributed by atoms with van der Waals surface area (Å²) < 4.78 is 5.18. The average molecular weight is 243 g/mol. The van der Waals surface area contributed by atoms with Crippen LogP contribution in [0.2, 0.25) is 0 Å². The van der Waals surface area contributed by atoms with Crippen LogP contribution in [-0.4, -0.2) is 25.1 Å². The molecule has 0 fully saturated rings. The molecule has 1 heterocycles. The van der Waals surface area contributed by atoms with Crippen LogP contribution in [0.3, 0.4) is 0 Å². The molecule has 0 bridgehead atoms. The lowest BCUT2D eigenvalue weighted by atomic mass is 9.99. The molecule has 1 aromatic rings. The zero-order valence-corrected chi connectivity index (χ0v) is 11.6. The van der Waals surface area contributed by atoms with Crippen molar-refractivity contribution in [3.05, 3.63) is 53.3 Å². The molecule has 1 unspecified atom stereocenters. The van der Waals surface area contributed by atoms with E-state index >= 15 is 0 Å². The van der Waals surface area contributed by atoms with Gasteiger partial charge in [-0.15, -0.1) is 0 Å². The van der Waals surface area contributed by atoms with E-state index in [0.717, 1.165) is 12.2 Å². The van der Waals surface area contributed by atoms with Crippen LogP contribution in [0, 0.1) is 0 Å². The molecule has 0 saturated heterocycles. The summed E-state index contributed by atoms with van der Waals surface area (Å²) in [4.78, 5) is 2.33. The lowest BCUT2D eigenvalue weighted by Gasteiger charge is -2.32. The highest BCUT2D eigenvalue weighted by molar-refractivity contribution is 5.31. The highest BCUT2D eigenvalue weighted by atomic mass is 16.5. The molecule has 96 valence electrons. The van der Waals surface area contributed by atoms with E-state index in [9.17, 15) is 0 Å². The largest absolute Gasteiger partial charge is 0.497 e. The summed E-state index contributed by atoms with van der Waals surface area (Å²) in [6.45, 7) is 4.33. The number of ether oxygens (including phenoxy) is 1. The van der Waals surface area contributed by atoms with Crippen molar-refractivity contribution in [1.82, 2.24) is 4.90 Å². The first kappa shape index (κ1) is 12.7. The van der Waals surface area contributed by atoms with Gasteiger partial charge in [-0.2, -0.15) is 0 Å². The molecule has 1 aliphatic rings. The summed E-state index contributed by atoms with van der Waals surface area (Å²) in [5.74, 6) is 0.915. The van der Waals surface area contributed by atoms with Gasteiger partial charge < -0.3 is 9.64 Å². The molecule has 0 N–H and O–H groups in total. The Morgan fingerprint density at radius 3 is 2.44 bits per heavy atom. The second kappa shape index (κ2) is 5.30. The number of methoxy groups -OCH3 is 1. The third-order valence-electron chi connectivity index (χ3n) is 3.55.